The number of hydrogen-bond donors (Lipinski definition) is 0. The Bertz CT molecular complexity index is 193. The minimum atomic E-state index is -0.122. The van der Waals surface area contributed by atoms with E-state index in [-0.39, 0.29) is 5.60 Å². The molecule has 1 saturated heterocycles. The smallest absolute Gasteiger partial charge is 0.182 e. The fraction of sp³-hybridized carbons (Fsp3) is 0.818. The molecule has 0 aromatic carbocycles. The van der Waals surface area contributed by atoms with Crippen LogP contribution in [0, 0.1) is 5.92 Å². The van der Waals surface area contributed by atoms with Crippen LogP contribution in [0.3, 0.4) is 0 Å². The molecule has 1 aliphatic heterocycles. The first-order valence-corrected chi connectivity index (χ1v) is 5.01. The van der Waals surface area contributed by atoms with E-state index in [1.54, 1.807) is 0 Å². The lowest BCUT2D eigenvalue weighted by atomic mass is 10.2. The average molecular weight is 183 g/mol. The summed E-state index contributed by atoms with van der Waals surface area (Å²) in [6.07, 6.45) is 1.26. The van der Waals surface area contributed by atoms with Crippen LogP contribution >= 0.6 is 0 Å². The largest absolute Gasteiger partial charge is 0.474 e. The van der Waals surface area contributed by atoms with Crippen molar-refractivity contribution in [3.05, 3.63) is 12.5 Å². The van der Waals surface area contributed by atoms with Crippen LogP contribution in [0.4, 0.5) is 0 Å². The van der Waals surface area contributed by atoms with Crippen molar-refractivity contribution in [2.24, 2.45) is 5.92 Å². The first-order valence-electron chi connectivity index (χ1n) is 5.01. The molecule has 0 N–H and O–H groups in total. The van der Waals surface area contributed by atoms with Gasteiger partial charge < -0.3 is 9.64 Å². The van der Waals surface area contributed by atoms with Crippen molar-refractivity contribution < 1.29 is 4.74 Å². The lowest BCUT2D eigenvalue weighted by molar-refractivity contribution is 0.00818. The molecule has 2 heteroatoms. The van der Waals surface area contributed by atoms with E-state index >= 15 is 0 Å². The highest BCUT2D eigenvalue weighted by molar-refractivity contribution is 4.90. The van der Waals surface area contributed by atoms with Crippen LogP contribution in [0.1, 0.15) is 34.1 Å². The summed E-state index contributed by atoms with van der Waals surface area (Å²) in [4.78, 5) is 2.23. The summed E-state index contributed by atoms with van der Waals surface area (Å²) in [6, 6.07) is 0. The van der Waals surface area contributed by atoms with Crippen molar-refractivity contribution in [2.45, 2.75) is 39.7 Å². The minimum absolute atomic E-state index is 0.122. The molecule has 1 aliphatic rings. The number of ether oxygens (including phenoxy) is 1. The lowest BCUT2D eigenvalue weighted by Crippen LogP contribution is -2.28. The molecular weight excluding hydrogens is 162 g/mol. The average Bonchev–Trinajstić information content (AvgIpc) is 2.31. The van der Waals surface area contributed by atoms with Crippen LogP contribution in [0.25, 0.3) is 0 Å². The molecule has 13 heavy (non-hydrogen) atoms. The van der Waals surface area contributed by atoms with Gasteiger partial charge in [-0.3, -0.25) is 0 Å². The fourth-order valence-corrected chi connectivity index (χ4v) is 1.58. The molecule has 76 valence electrons. The summed E-state index contributed by atoms with van der Waals surface area (Å²) in [6.45, 7) is 14.6. The Balaban J connectivity index is 2.41. The second kappa shape index (κ2) is 3.60. The van der Waals surface area contributed by atoms with Gasteiger partial charge >= 0.3 is 0 Å². The van der Waals surface area contributed by atoms with Gasteiger partial charge in [0.05, 0.1) is 0 Å². The highest BCUT2D eigenvalue weighted by Gasteiger charge is 2.23. The van der Waals surface area contributed by atoms with Crippen molar-refractivity contribution in [1.29, 1.82) is 0 Å². The molecule has 0 aromatic rings. The summed E-state index contributed by atoms with van der Waals surface area (Å²) in [5.74, 6) is 1.61. The second-order valence-electron chi connectivity index (χ2n) is 4.95. The predicted octanol–water partition coefficient (Wildman–Crippen LogP) is 2.61. The second-order valence-corrected chi connectivity index (χ2v) is 4.95. The molecule has 0 aromatic heterocycles. The lowest BCUT2D eigenvalue weighted by Gasteiger charge is -2.28. The maximum absolute atomic E-state index is 5.70. The number of nitrogens with zero attached hydrogens (tertiary/aromatic N) is 1. The van der Waals surface area contributed by atoms with Crippen LogP contribution in [0.5, 0.6) is 0 Å². The Morgan fingerprint density at radius 1 is 1.46 bits per heavy atom. The Morgan fingerprint density at radius 3 is 2.46 bits per heavy atom. The molecule has 0 unspecified atom stereocenters. The van der Waals surface area contributed by atoms with Crippen molar-refractivity contribution in [1.82, 2.24) is 4.90 Å². The van der Waals surface area contributed by atoms with E-state index in [4.69, 9.17) is 4.74 Å². The first kappa shape index (κ1) is 10.4. The van der Waals surface area contributed by atoms with E-state index in [0.29, 0.717) is 0 Å². The molecule has 1 atom stereocenters. The third kappa shape index (κ3) is 3.29. The van der Waals surface area contributed by atoms with Gasteiger partial charge in [0.25, 0.3) is 0 Å². The van der Waals surface area contributed by atoms with Gasteiger partial charge in [-0.05, 0) is 39.7 Å². The first-order chi connectivity index (χ1) is 5.88. The minimum Gasteiger partial charge on any atom is -0.474 e. The Morgan fingerprint density at radius 2 is 2.08 bits per heavy atom. The Hall–Kier alpha value is -0.660. The number of likely N-dealkylation sites (tertiary alicyclic amines) is 1. The van der Waals surface area contributed by atoms with Crippen molar-refractivity contribution in [2.75, 3.05) is 13.1 Å². The van der Waals surface area contributed by atoms with Gasteiger partial charge in [-0.15, -0.1) is 0 Å². The third-order valence-corrected chi connectivity index (χ3v) is 2.20. The monoisotopic (exact) mass is 183 g/mol. The van der Waals surface area contributed by atoms with Crippen molar-refractivity contribution in [3.63, 3.8) is 0 Å². The van der Waals surface area contributed by atoms with E-state index in [1.807, 2.05) is 0 Å². The molecule has 0 aliphatic carbocycles. The van der Waals surface area contributed by atoms with Gasteiger partial charge in [-0.2, -0.15) is 0 Å². The highest BCUT2D eigenvalue weighted by Crippen LogP contribution is 2.22. The van der Waals surface area contributed by atoms with Crippen LogP contribution in [0.2, 0.25) is 0 Å². The summed E-state index contributed by atoms with van der Waals surface area (Å²) >= 11 is 0. The van der Waals surface area contributed by atoms with Gasteiger partial charge in [0, 0.05) is 13.1 Å². The van der Waals surface area contributed by atoms with E-state index < -0.39 is 0 Å². The summed E-state index contributed by atoms with van der Waals surface area (Å²) < 4.78 is 5.70. The molecule has 0 spiro atoms. The van der Waals surface area contributed by atoms with Gasteiger partial charge in [-0.25, -0.2) is 0 Å². The molecule has 0 bridgehead atoms. The summed E-state index contributed by atoms with van der Waals surface area (Å²) in [7, 11) is 0. The zero-order valence-electron chi connectivity index (χ0n) is 9.26. The van der Waals surface area contributed by atoms with E-state index in [9.17, 15) is 0 Å². The SMILES string of the molecule is C=C(OC(C)(C)C)N1CC[C@@H](C)C1. The van der Waals surface area contributed by atoms with Gasteiger partial charge in [0.15, 0.2) is 5.88 Å². The van der Waals surface area contributed by atoms with Crippen LogP contribution in [-0.2, 0) is 4.74 Å². The van der Waals surface area contributed by atoms with Gasteiger partial charge in [0.2, 0.25) is 0 Å². The molecule has 1 rings (SSSR count). The Kier molecular flexibility index (Phi) is 2.89. The van der Waals surface area contributed by atoms with Crippen molar-refractivity contribution >= 4 is 0 Å². The number of rotatable bonds is 2. The zero-order valence-corrected chi connectivity index (χ0v) is 9.26. The molecule has 0 saturated carbocycles. The quantitative estimate of drug-likeness (QED) is 0.610. The van der Waals surface area contributed by atoms with Gasteiger partial charge in [-0.1, -0.05) is 6.92 Å². The van der Waals surface area contributed by atoms with E-state index in [2.05, 4.69) is 39.2 Å². The molecule has 0 amide bonds. The third-order valence-electron chi connectivity index (χ3n) is 2.20. The normalized spacial score (nSPS) is 23.4. The van der Waals surface area contributed by atoms with Crippen LogP contribution in [-0.4, -0.2) is 23.6 Å². The number of hydrogen-bond acceptors (Lipinski definition) is 2. The van der Waals surface area contributed by atoms with Crippen molar-refractivity contribution in [3.8, 4) is 0 Å². The van der Waals surface area contributed by atoms with Gasteiger partial charge in [0.1, 0.15) is 5.60 Å². The van der Waals surface area contributed by atoms with E-state index in [1.165, 1.54) is 6.42 Å². The van der Waals surface area contributed by atoms with E-state index in [0.717, 1.165) is 24.9 Å². The highest BCUT2D eigenvalue weighted by atomic mass is 16.5. The molecule has 1 heterocycles. The van der Waals surface area contributed by atoms with Crippen LogP contribution in [0.15, 0.2) is 12.5 Å². The standard InChI is InChI=1S/C11H21NO/c1-9-6-7-12(8-9)10(2)13-11(3,4)5/h9H,2,6-8H2,1,3-5H3/t9-/m1/s1. The maximum Gasteiger partial charge on any atom is 0.182 e. The van der Waals surface area contributed by atoms with Crippen LogP contribution < -0.4 is 0 Å². The summed E-state index contributed by atoms with van der Waals surface area (Å²) in [5, 5.41) is 0. The topological polar surface area (TPSA) is 12.5 Å². The molecule has 2 nitrogen and oxygen atoms in total. The maximum atomic E-state index is 5.70. The zero-order chi connectivity index (χ0) is 10.1. The fourth-order valence-electron chi connectivity index (χ4n) is 1.58. The predicted molar refractivity (Wildman–Crippen MR) is 55.3 cm³/mol. The Labute approximate surface area is 81.6 Å². The molecular formula is C11H21NO. The molecule has 1 fully saturated rings. The summed E-state index contributed by atoms with van der Waals surface area (Å²) in [5.41, 5.74) is -0.122. The molecule has 0 radical (unpaired) electrons.